The monoisotopic (exact) mass is 862 g/mol. The molecule has 7 rings (SSSR count). The van der Waals surface area contributed by atoms with E-state index in [-0.39, 0.29) is 36.1 Å². The van der Waals surface area contributed by atoms with Crippen LogP contribution in [0.1, 0.15) is 107 Å². The molecular weight excluding hydrogens is 809 g/mol. The molecule has 0 bridgehead atoms. The number of likely N-dealkylation sites (tertiary alicyclic amines) is 1. The van der Waals surface area contributed by atoms with Crippen molar-refractivity contribution in [2.24, 2.45) is 5.92 Å². The molecule has 62 heavy (non-hydrogen) atoms. The zero-order valence-electron chi connectivity index (χ0n) is 35.0. The minimum absolute atomic E-state index is 0.00657. The maximum atomic E-state index is 13.4. The smallest absolute Gasteiger partial charge is 0.263 e. The minimum Gasteiger partial charge on any atom is -0.353 e. The van der Waals surface area contributed by atoms with Crippen molar-refractivity contribution in [3.8, 4) is 0 Å². The van der Waals surface area contributed by atoms with E-state index in [1.54, 1.807) is 36.8 Å². The minimum atomic E-state index is -0.996. The van der Waals surface area contributed by atoms with Gasteiger partial charge in [-0.05, 0) is 92.2 Å². The summed E-state index contributed by atoms with van der Waals surface area (Å²) in [5.74, 6) is 0.0518. The summed E-state index contributed by atoms with van der Waals surface area (Å²) in [5.41, 5.74) is 2.05. The predicted molar refractivity (Wildman–Crippen MR) is 234 cm³/mol. The number of nitrogens with one attached hydrogen (secondary N) is 2. The summed E-state index contributed by atoms with van der Waals surface area (Å²) in [5, 5.41) is 5.17. The number of thioether (sulfide) groups is 1. The molecule has 2 N–H and O–H groups in total. The Morgan fingerprint density at radius 1 is 0.823 bits per heavy atom. The van der Waals surface area contributed by atoms with E-state index in [0.29, 0.717) is 66.8 Å². The van der Waals surface area contributed by atoms with Crippen molar-refractivity contribution in [1.29, 1.82) is 0 Å². The van der Waals surface area contributed by atoms with E-state index < -0.39 is 29.7 Å². The second-order valence-corrected chi connectivity index (χ2v) is 17.3. The third-order valence-electron chi connectivity index (χ3n) is 12.0. The lowest BCUT2D eigenvalue weighted by molar-refractivity contribution is -0.136. The Morgan fingerprint density at radius 3 is 2.39 bits per heavy atom. The van der Waals surface area contributed by atoms with Gasteiger partial charge in [0.25, 0.3) is 17.7 Å². The molecule has 0 spiro atoms. The van der Waals surface area contributed by atoms with Crippen LogP contribution in [0.5, 0.6) is 0 Å². The fourth-order valence-electron chi connectivity index (χ4n) is 8.47. The molecule has 0 aliphatic carbocycles. The van der Waals surface area contributed by atoms with Crippen LogP contribution in [0, 0.1) is 5.92 Å². The molecule has 3 saturated heterocycles. The van der Waals surface area contributed by atoms with Crippen LogP contribution in [0.15, 0.2) is 72.0 Å². The van der Waals surface area contributed by atoms with Crippen molar-refractivity contribution in [1.82, 2.24) is 35.3 Å². The summed E-state index contributed by atoms with van der Waals surface area (Å²) in [4.78, 5) is 105. The van der Waals surface area contributed by atoms with Gasteiger partial charge >= 0.3 is 0 Å². The summed E-state index contributed by atoms with van der Waals surface area (Å²) < 4.78 is 0. The van der Waals surface area contributed by atoms with Gasteiger partial charge in [-0.2, -0.15) is 0 Å². The van der Waals surface area contributed by atoms with Crippen molar-refractivity contribution < 1.29 is 33.6 Å². The molecule has 0 radical (unpaired) electrons. The molecule has 4 aliphatic rings. The lowest BCUT2D eigenvalue weighted by Gasteiger charge is -2.35. The zero-order chi connectivity index (χ0) is 43.4. The number of benzene rings is 1. The molecule has 15 nitrogen and oxygen atoms in total. The number of aromatic nitrogens is 2. The van der Waals surface area contributed by atoms with Crippen LogP contribution >= 0.6 is 11.8 Å². The van der Waals surface area contributed by atoms with Gasteiger partial charge in [-0.25, -0.2) is 4.98 Å². The number of unbranched alkanes of at least 4 members (excludes halogenated alkanes) is 3. The molecule has 1 aromatic carbocycles. The predicted octanol–water partition coefficient (Wildman–Crippen LogP) is 4.73. The van der Waals surface area contributed by atoms with Crippen LogP contribution in [0.3, 0.4) is 0 Å². The lowest BCUT2D eigenvalue weighted by Crippen LogP contribution is -2.54. The average Bonchev–Trinajstić information content (AvgIpc) is 3.55. The molecule has 16 heteroatoms. The maximum absolute atomic E-state index is 13.4. The Hall–Kier alpha value is -5.90. The largest absolute Gasteiger partial charge is 0.353 e. The second kappa shape index (κ2) is 21.3. The number of imide groups is 2. The average molecular weight is 863 g/mol. The van der Waals surface area contributed by atoms with Gasteiger partial charge in [0.1, 0.15) is 11.9 Å². The van der Waals surface area contributed by atoms with Crippen LogP contribution in [-0.2, 0) is 19.2 Å². The molecule has 2 aromatic heterocycles. The third-order valence-corrected chi connectivity index (χ3v) is 13.2. The van der Waals surface area contributed by atoms with Crippen molar-refractivity contribution >= 4 is 65.0 Å². The maximum Gasteiger partial charge on any atom is 0.263 e. The molecule has 3 fully saturated rings. The molecule has 6 heterocycles. The first-order chi connectivity index (χ1) is 30.2. The van der Waals surface area contributed by atoms with Crippen LogP contribution in [0.4, 0.5) is 5.82 Å². The topological polar surface area (TPSA) is 182 Å². The molecule has 7 amide bonds. The van der Waals surface area contributed by atoms with Crippen LogP contribution in [0.25, 0.3) is 6.08 Å². The number of carbonyl (C=O) groups is 7. The summed E-state index contributed by atoms with van der Waals surface area (Å²) in [6.07, 6.45) is 16.4. The Labute approximate surface area is 366 Å². The first-order valence-electron chi connectivity index (χ1n) is 21.8. The molecule has 0 saturated carbocycles. The van der Waals surface area contributed by atoms with Gasteiger partial charge in [-0.1, -0.05) is 31.4 Å². The summed E-state index contributed by atoms with van der Waals surface area (Å²) >= 11 is 1.49. The van der Waals surface area contributed by atoms with Gasteiger partial charge in [0, 0.05) is 88.2 Å². The van der Waals surface area contributed by atoms with Crippen molar-refractivity contribution in [3.63, 3.8) is 0 Å². The number of fused-ring (bicyclic) bond motifs is 1. The van der Waals surface area contributed by atoms with Crippen molar-refractivity contribution in [2.75, 3.05) is 56.5 Å². The molecule has 1 atom stereocenters. The lowest BCUT2D eigenvalue weighted by atomic mass is 9.91. The number of nitrogens with zero attached hydrogens (tertiary/aromatic N) is 6. The summed E-state index contributed by atoms with van der Waals surface area (Å²) in [6, 6.07) is 11.6. The van der Waals surface area contributed by atoms with Crippen molar-refractivity contribution in [3.05, 3.63) is 89.4 Å². The van der Waals surface area contributed by atoms with E-state index in [1.165, 1.54) is 17.8 Å². The van der Waals surface area contributed by atoms with E-state index >= 15 is 0 Å². The fraction of sp³-hybridized carbons (Fsp3) is 0.457. The Morgan fingerprint density at radius 2 is 1.65 bits per heavy atom. The number of pyridine rings is 2. The Balaban J connectivity index is 0.747. The van der Waals surface area contributed by atoms with E-state index in [9.17, 15) is 33.6 Å². The molecule has 1 unspecified atom stereocenters. The highest BCUT2D eigenvalue weighted by Gasteiger charge is 2.45. The summed E-state index contributed by atoms with van der Waals surface area (Å²) in [7, 11) is 0. The number of carbonyl (C=O) groups excluding carboxylic acids is 7. The Kier molecular flexibility index (Phi) is 15.1. The standard InChI is InChI=1S/C46H54N8O7S/c55-39(17-13-33-9-7-21-47-30-33)48-22-4-3-8-32-19-23-53(24-20-32)44(59)34-14-16-38(49-31-34)51-25-27-52(28-26-51)41(57)12-2-1-5-29-62-37-11-6-10-35-42(37)46(61)54(45(35)60)36-15-18-40(56)50-43(36)58/h6-7,9-11,13-14,16-17,21,30-32,36H,1-5,8,12,15,18-20,22-29H2,(H,48,55)(H,50,56,58)/b17-13+. The first-order valence-corrected chi connectivity index (χ1v) is 22.8. The van der Waals surface area contributed by atoms with Gasteiger partial charge in [0.15, 0.2) is 0 Å². The quantitative estimate of drug-likeness (QED) is 0.0829. The second-order valence-electron chi connectivity index (χ2n) is 16.2. The van der Waals surface area contributed by atoms with Crippen LogP contribution in [0.2, 0.25) is 0 Å². The zero-order valence-corrected chi connectivity index (χ0v) is 35.8. The van der Waals surface area contributed by atoms with Crippen LogP contribution in [-0.4, -0.2) is 124 Å². The van der Waals surface area contributed by atoms with Gasteiger partial charge in [-0.15, -0.1) is 11.8 Å². The summed E-state index contributed by atoms with van der Waals surface area (Å²) in [6.45, 7) is 4.63. The number of hydrogen-bond acceptors (Lipinski definition) is 11. The van der Waals surface area contributed by atoms with Crippen molar-refractivity contribution in [2.45, 2.75) is 81.6 Å². The number of piperazine rings is 1. The third kappa shape index (κ3) is 11.1. The highest BCUT2D eigenvalue weighted by Crippen LogP contribution is 2.35. The van der Waals surface area contributed by atoms with Crippen LogP contribution < -0.4 is 15.5 Å². The number of amides is 7. The van der Waals surface area contributed by atoms with Gasteiger partial charge in [-0.3, -0.25) is 48.8 Å². The van der Waals surface area contributed by atoms with E-state index in [1.807, 2.05) is 40.1 Å². The highest BCUT2D eigenvalue weighted by molar-refractivity contribution is 7.99. The van der Waals surface area contributed by atoms with Gasteiger partial charge in [0.05, 0.1) is 16.7 Å². The molecule has 326 valence electrons. The molecular formula is C46H54N8O7S. The van der Waals surface area contributed by atoms with Gasteiger partial charge in [0.2, 0.25) is 23.6 Å². The molecule has 4 aliphatic heterocycles. The SMILES string of the molecule is O=C(/C=C/c1cccnc1)NCCCCC1CCN(C(=O)c2ccc(N3CCN(C(=O)CCCCCSc4cccc5c4C(=O)N(C4CCC(=O)NC4=O)C5=O)CC3)nc2)CC1. The van der Waals surface area contributed by atoms with Gasteiger partial charge < -0.3 is 20.0 Å². The van der Waals surface area contributed by atoms with E-state index in [0.717, 1.165) is 80.7 Å². The number of piperidine rings is 2. The van der Waals surface area contributed by atoms with E-state index in [4.69, 9.17) is 0 Å². The first kappa shape index (κ1) is 44.2. The molecule has 3 aromatic rings. The number of anilines is 1. The van der Waals surface area contributed by atoms with E-state index in [2.05, 4.69) is 25.5 Å². The number of rotatable bonds is 17. The Bertz CT molecular complexity index is 2150. The normalized spacial score (nSPS) is 18.4. The highest BCUT2D eigenvalue weighted by atomic mass is 32.2. The fourth-order valence-corrected chi connectivity index (χ4v) is 9.55. The number of hydrogen-bond donors (Lipinski definition) is 2.